The lowest BCUT2D eigenvalue weighted by Crippen LogP contribution is -2.26. The van der Waals surface area contributed by atoms with Crippen LogP contribution in [0.15, 0.2) is 18.2 Å². The first-order valence-corrected chi connectivity index (χ1v) is 7.26. The predicted octanol–water partition coefficient (Wildman–Crippen LogP) is 3.09. The molecule has 0 radical (unpaired) electrons. The van der Waals surface area contributed by atoms with Crippen LogP contribution in [0.4, 0.5) is 5.69 Å². The number of carbonyl (C=O) groups excluding carboxylic acids is 1. The zero-order valence-electron chi connectivity index (χ0n) is 11.6. The fourth-order valence-corrected chi connectivity index (χ4v) is 2.16. The van der Waals surface area contributed by atoms with Gasteiger partial charge in [-0.15, -0.1) is 0 Å². The van der Waals surface area contributed by atoms with Crippen molar-refractivity contribution in [3.8, 4) is 11.5 Å². The summed E-state index contributed by atoms with van der Waals surface area (Å²) in [6, 6.07) is 4.21. The number of benzene rings is 1. The van der Waals surface area contributed by atoms with Gasteiger partial charge in [0.05, 0.1) is 17.4 Å². The lowest BCUT2D eigenvalue weighted by Gasteiger charge is -2.22. The molecule has 0 bridgehead atoms. The van der Waals surface area contributed by atoms with Gasteiger partial charge in [0, 0.05) is 12.1 Å². The molecule has 0 unspecified atom stereocenters. The van der Waals surface area contributed by atoms with Crippen molar-refractivity contribution >= 4 is 11.7 Å². The van der Waals surface area contributed by atoms with Gasteiger partial charge in [-0.3, -0.25) is 14.9 Å². The molecule has 1 aromatic carbocycles. The van der Waals surface area contributed by atoms with Crippen molar-refractivity contribution in [3.05, 3.63) is 28.3 Å². The number of nitrogens with zero attached hydrogens (tertiary/aromatic N) is 1. The highest BCUT2D eigenvalue weighted by molar-refractivity contribution is 5.76. The number of carbonyl (C=O) groups is 1. The SMILES string of the molecule is O=C(Oc1ccc([N+](=O)[O-])c(OCC2CC2)c1)C1CCC1. The topological polar surface area (TPSA) is 78.7 Å². The zero-order valence-corrected chi connectivity index (χ0v) is 11.6. The Bertz CT molecular complexity index is 563. The molecule has 0 atom stereocenters. The Labute approximate surface area is 122 Å². The molecule has 0 aromatic heterocycles. The van der Waals surface area contributed by atoms with Gasteiger partial charge >= 0.3 is 11.7 Å². The average Bonchev–Trinajstić information content (AvgIpc) is 3.17. The summed E-state index contributed by atoms with van der Waals surface area (Å²) in [5.74, 6) is 0.680. The van der Waals surface area contributed by atoms with Gasteiger partial charge in [0.15, 0.2) is 0 Å². The number of rotatable bonds is 6. The summed E-state index contributed by atoms with van der Waals surface area (Å²) in [5, 5.41) is 11.0. The van der Waals surface area contributed by atoms with Gasteiger partial charge in [0.25, 0.3) is 0 Å². The Hall–Kier alpha value is -2.11. The van der Waals surface area contributed by atoms with Crippen molar-refractivity contribution in [2.45, 2.75) is 32.1 Å². The number of esters is 1. The molecule has 112 valence electrons. The fourth-order valence-electron chi connectivity index (χ4n) is 2.16. The summed E-state index contributed by atoms with van der Waals surface area (Å²) in [6.07, 6.45) is 4.97. The van der Waals surface area contributed by atoms with E-state index in [9.17, 15) is 14.9 Å². The molecule has 2 saturated carbocycles. The second-order valence-corrected chi connectivity index (χ2v) is 5.69. The molecule has 2 aliphatic rings. The predicted molar refractivity (Wildman–Crippen MR) is 74.3 cm³/mol. The van der Waals surface area contributed by atoms with Gasteiger partial charge in [0.2, 0.25) is 5.75 Å². The summed E-state index contributed by atoms with van der Waals surface area (Å²) in [4.78, 5) is 22.3. The molecule has 0 amide bonds. The number of ether oxygens (including phenoxy) is 2. The Kier molecular flexibility index (Phi) is 3.77. The molecule has 0 spiro atoms. The van der Waals surface area contributed by atoms with Gasteiger partial charge in [-0.2, -0.15) is 0 Å². The maximum absolute atomic E-state index is 11.8. The highest BCUT2D eigenvalue weighted by Crippen LogP contribution is 2.35. The van der Waals surface area contributed by atoms with Gasteiger partial charge in [-0.1, -0.05) is 6.42 Å². The average molecular weight is 291 g/mol. The summed E-state index contributed by atoms with van der Waals surface area (Å²) >= 11 is 0. The van der Waals surface area contributed by atoms with Crippen LogP contribution >= 0.6 is 0 Å². The van der Waals surface area contributed by atoms with Crippen molar-refractivity contribution in [2.24, 2.45) is 11.8 Å². The summed E-state index contributed by atoms with van der Waals surface area (Å²) in [5.41, 5.74) is -0.0981. The quantitative estimate of drug-likeness (QED) is 0.348. The molecular weight excluding hydrogens is 274 g/mol. The van der Waals surface area contributed by atoms with E-state index < -0.39 is 4.92 Å². The van der Waals surface area contributed by atoms with E-state index in [0.717, 1.165) is 32.1 Å². The summed E-state index contributed by atoms with van der Waals surface area (Å²) in [6.45, 7) is 0.473. The van der Waals surface area contributed by atoms with Crippen LogP contribution in [0.2, 0.25) is 0 Å². The number of hydrogen-bond acceptors (Lipinski definition) is 5. The first-order chi connectivity index (χ1) is 10.1. The van der Waals surface area contributed by atoms with Crippen LogP contribution < -0.4 is 9.47 Å². The molecular formula is C15H17NO5. The van der Waals surface area contributed by atoms with E-state index in [2.05, 4.69) is 0 Å². The third kappa shape index (κ3) is 3.32. The van der Waals surface area contributed by atoms with Crippen molar-refractivity contribution in [1.82, 2.24) is 0 Å². The number of nitro groups is 1. The van der Waals surface area contributed by atoms with Crippen LogP contribution in [0.5, 0.6) is 11.5 Å². The Morgan fingerprint density at radius 2 is 2.05 bits per heavy atom. The number of hydrogen-bond donors (Lipinski definition) is 0. The van der Waals surface area contributed by atoms with Gasteiger partial charge in [0.1, 0.15) is 5.75 Å². The second-order valence-electron chi connectivity index (χ2n) is 5.69. The Balaban J connectivity index is 1.72. The van der Waals surface area contributed by atoms with E-state index in [-0.39, 0.29) is 23.3 Å². The monoisotopic (exact) mass is 291 g/mol. The van der Waals surface area contributed by atoms with Crippen LogP contribution in [0, 0.1) is 22.0 Å². The normalized spacial score (nSPS) is 17.9. The summed E-state index contributed by atoms with van der Waals surface area (Å²) in [7, 11) is 0. The Morgan fingerprint density at radius 1 is 1.29 bits per heavy atom. The molecule has 6 heteroatoms. The molecule has 2 fully saturated rings. The number of nitro benzene ring substituents is 1. The van der Waals surface area contributed by atoms with Gasteiger partial charge in [-0.25, -0.2) is 0 Å². The third-order valence-electron chi connectivity index (χ3n) is 3.96. The minimum absolute atomic E-state index is 0.0315. The van der Waals surface area contributed by atoms with E-state index in [1.165, 1.54) is 18.2 Å². The highest BCUT2D eigenvalue weighted by Gasteiger charge is 2.28. The molecule has 0 N–H and O–H groups in total. The van der Waals surface area contributed by atoms with Crippen molar-refractivity contribution < 1.29 is 19.2 Å². The lowest BCUT2D eigenvalue weighted by atomic mass is 9.86. The first-order valence-electron chi connectivity index (χ1n) is 7.26. The molecule has 0 saturated heterocycles. The standard InChI is InChI=1S/C15H17NO5/c17-15(11-2-1-3-11)21-12-6-7-13(16(18)19)14(8-12)20-9-10-4-5-10/h6-8,10-11H,1-5,9H2. The lowest BCUT2D eigenvalue weighted by molar-refractivity contribution is -0.385. The first kappa shape index (κ1) is 13.9. The molecule has 3 rings (SSSR count). The van der Waals surface area contributed by atoms with E-state index >= 15 is 0 Å². The van der Waals surface area contributed by atoms with Crippen LogP contribution in [0.25, 0.3) is 0 Å². The zero-order chi connectivity index (χ0) is 14.8. The molecule has 0 aliphatic heterocycles. The van der Waals surface area contributed by atoms with Gasteiger partial charge < -0.3 is 9.47 Å². The van der Waals surface area contributed by atoms with E-state index in [1.807, 2.05) is 0 Å². The minimum Gasteiger partial charge on any atom is -0.486 e. The van der Waals surface area contributed by atoms with E-state index in [1.54, 1.807) is 0 Å². The van der Waals surface area contributed by atoms with Gasteiger partial charge in [-0.05, 0) is 37.7 Å². The summed E-state index contributed by atoms with van der Waals surface area (Å²) < 4.78 is 10.8. The van der Waals surface area contributed by atoms with Crippen LogP contribution in [0.3, 0.4) is 0 Å². The molecule has 0 heterocycles. The molecule has 21 heavy (non-hydrogen) atoms. The van der Waals surface area contributed by atoms with Crippen molar-refractivity contribution in [2.75, 3.05) is 6.61 Å². The third-order valence-corrected chi connectivity index (χ3v) is 3.96. The van der Waals surface area contributed by atoms with Crippen LogP contribution in [-0.2, 0) is 4.79 Å². The largest absolute Gasteiger partial charge is 0.486 e. The fraction of sp³-hybridized carbons (Fsp3) is 0.533. The van der Waals surface area contributed by atoms with E-state index in [4.69, 9.17) is 9.47 Å². The molecule has 6 nitrogen and oxygen atoms in total. The minimum atomic E-state index is -0.486. The Morgan fingerprint density at radius 3 is 2.62 bits per heavy atom. The maximum atomic E-state index is 11.8. The second kappa shape index (κ2) is 5.71. The van der Waals surface area contributed by atoms with Crippen molar-refractivity contribution in [3.63, 3.8) is 0 Å². The van der Waals surface area contributed by atoms with Crippen molar-refractivity contribution in [1.29, 1.82) is 0 Å². The molecule has 1 aromatic rings. The molecule has 2 aliphatic carbocycles. The highest BCUT2D eigenvalue weighted by atomic mass is 16.6. The van der Waals surface area contributed by atoms with Crippen LogP contribution in [-0.4, -0.2) is 17.5 Å². The smallest absolute Gasteiger partial charge is 0.314 e. The van der Waals surface area contributed by atoms with Crippen LogP contribution in [0.1, 0.15) is 32.1 Å². The maximum Gasteiger partial charge on any atom is 0.314 e. The van der Waals surface area contributed by atoms with E-state index in [0.29, 0.717) is 18.3 Å².